The minimum Gasteiger partial charge on any atom is -0.352 e. The molecule has 2 aliphatic heterocycles. The van der Waals surface area contributed by atoms with Crippen LogP contribution in [0, 0.1) is 0 Å². The van der Waals surface area contributed by atoms with Crippen LogP contribution in [-0.2, 0) is 9.59 Å². The molecule has 0 saturated carbocycles. The van der Waals surface area contributed by atoms with Crippen LogP contribution < -0.4 is 16.2 Å². The lowest BCUT2D eigenvalue weighted by molar-refractivity contribution is -0.135. The smallest absolute Gasteiger partial charge is 0.241 e. The quantitative estimate of drug-likeness (QED) is 0.710. The zero-order valence-corrected chi connectivity index (χ0v) is 16.0. The van der Waals surface area contributed by atoms with Gasteiger partial charge in [-0.05, 0) is 37.0 Å². The lowest BCUT2D eigenvalue weighted by Gasteiger charge is -2.34. The molecule has 2 fully saturated rings. The van der Waals surface area contributed by atoms with Gasteiger partial charge in [0.15, 0.2) is 0 Å². The average molecular weight is 409 g/mol. The maximum absolute atomic E-state index is 12.8. The SMILES string of the molecule is CCC(=O)NC1CCCN(C(=O)C2CC(c3ccc(Br)cc3)NN2)C1. The molecule has 0 radical (unpaired) electrons. The second-order valence-corrected chi connectivity index (χ2v) is 7.64. The van der Waals surface area contributed by atoms with Crippen LogP contribution in [0.25, 0.3) is 0 Å². The van der Waals surface area contributed by atoms with Crippen molar-refractivity contribution in [2.45, 2.75) is 50.7 Å². The van der Waals surface area contributed by atoms with Gasteiger partial charge in [0.05, 0.1) is 0 Å². The molecule has 0 spiro atoms. The van der Waals surface area contributed by atoms with Crippen LogP contribution in [-0.4, -0.2) is 41.9 Å². The normalized spacial score (nSPS) is 26.5. The van der Waals surface area contributed by atoms with E-state index in [9.17, 15) is 9.59 Å². The van der Waals surface area contributed by atoms with E-state index in [2.05, 4.69) is 44.2 Å². The van der Waals surface area contributed by atoms with Crippen molar-refractivity contribution in [3.05, 3.63) is 34.3 Å². The molecule has 0 aliphatic carbocycles. The first-order valence-electron chi connectivity index (χ1n) is 8.91. The van der Waals surface area contributed by atoms with E-state index in [4.69, 9.17) is 0 Å². The maximum Gasteiger partial charge on any atom is 0.241 e. The van der Waals surface area contributed by atoms with Crippen molar-refractivity contribution in [1.82, 2.24) is 21.1 Å². The lowest BCUT2D eigenvalue weighted by Crippen LogP contribution is -2.53. The molecular weight excluding hydrogens is 384 g/mol. The summed E-state index contributed by atoms with van der Waals surface area (Å²) in [5.41, 5.74) is 7.54. The summed E-state index contributed by atoms with van der Waals surface area (Å²) in [5.74, 6) is 0.165. The molecule has 2 amide bonds. The molecule has 3 rings (SSSR count). The molecule has 1 aromatic rings. The Morgan fingerprint density at radius 1 is 1.28 bits per heavy atom. The first-order valence-corrected chi connectivity index (χ1v) is 9.70. The minimum atomic E-state index is -0.228. The van der Waals surface area contributed by atoms with Crippen molar-refractivity contribution in [3.8, 4) is 0 Å². The number of hydrazine groups is 1. The third-order valence-corrected chi connectivity index (χ3v) is 5.42. The van der Waals surface area contributed by atoms with Crippen LogP contribution in [0.4, 0.5) is 0 Å². The number of carbonyl (C=O) groups excluding carboxylic acids is 2. The van der Waals surface area contributed by atoms with E-state index in [0.29, 0.717) is 13.0 Å². The highest BCUT2D eigenvalue weighted by molar-refractivity contribution is 9.10. The Morgan fingerprint density at radius 3 is 2.76 bits per heavy atom. The average Bonchev–Trinajstić information content (AvgIpc) is 3.12. The molecule has 2 saturated heterocycles. The van der Waals surface area contributed by atoms with Gasteiger partial charge in [-0.2, -0.15) is 0 Å². The highest BCUT2D eigenvalue weighted by atomic mass is 79.9. The van der Waals surface area contributed by atoms with Crippen molar-refractivity contribution in [3.63, 3.8) is 0 Å². The maximum atomic E-state index is 12.8. The number of amides is 2. The van der Waals surface area contributed by atoms with Crippen molar-refractivity contribution in [2.75, 3.05) is 13.1 Å². The van der Waals surface area contributed by atoms with Gasteiger partial charge in [-0.1, -0.05) is 35.0 Å². The number of nitrogens with one attached hydrogen (secondary N) is 3. The van der Waals surface area contributed by atoms with Crippen molar-refractivity contribution >= 4 is 27.7 Å². The van der Waals surface area contributed by atoms with Crippen molar-refractivity contribution in [2.24, 2.45) is 0 Å². The molecule has 3 atom stereocenters. The summed E-state index contributed by atoms with van der Waals surface area (Å²) in [6.07, 6.45) is 3.07. The number of hydrogen-bond donors (Lipinski definition) is 3. The highest BCUT2D eigenvalue weighted by Crippen LogP contribution is 2.25. The molecular formula is C18H25BrN4O2. The van der Waals surface area contributed by atoms with E-state index in [1.165, 1.54) is 0 Å². The van der Waals surface area contributed by atoms with Gasteiger partial charge in [0.2, 0.25) is 11.8 Å². The molecule has 3 unspecified atom stereocenters. The topological polar surface area (TPSA) is 73.5 Å². The Balaban J connectivity index is 1.56. The summed E-state index contributed by atoms with van der Waals surface area (Å²) in [4.78, 5) is 26.3. The second kappa shape index (κ2) is 8.29. The summed E-state index contributed by atoms with van der Waals surface area (Å²) < 4.78 is 1.04. The number of likely N-dealkylation sites (tertiary alicyclic amines) is 1. The summed E-state index contributed by atoms with van der Waals surface area (Å²) in [6.45, 7) is 3.21. The number of carbonyl (C=O) groups is 2. The Bertz CT molecular complexity index is 622. The molecule has 7 heteroatoms. The summed E-state index contributed by atoms with van der Waals surface area (Å²) in [5, 5.41) is 3.01. The first kappa shape index (κ1) is 18.4. The third kappa shape index (κ3) is 4.59. The van der Waals surface area contributed by atoms with Gasteiger partial charge in [-0.3, -0.25) is 9.59 Å². The Labute approximate surface area is 156 Å². The molecule has 3 N–H and O–H groups in total. The third-order valence-electron chi connectivity index (χ3n) is 4.89. The molecule has 6 nitrogen and oxygen atoms in total. The largest absolute Gasteiger partial charge is 0.352 e. The number of nitrogens with zero attached hydrogens (tertiary/aromatic N) is 1. The van der Waals surface area contributed by atoms with Gasteiger partial charge in [-0.15, -0.1) is 0 Å². The molecule has 0 bridgehead atoms. The van der Waals surface area contributed by atoms with Crippen LogP contribution in [0.2, 0.25) is 0 Å². The lowest BCUT2D eigenvalue weighted by atomic mass is 10.00. The van der Waals surface area contributed by atoms with Crippen LogP contribution in [0.1, 0.15) is 44.2 Å². The van der Waals surface area contributed by atoms with Crippen molar-refractivity contribution in [1.29, 1.82) is 0 Å². The van der Waals surface area contributed by atoms with Crippen LogP contribution in [0.3, 0.4) is 0 Å². The number of piperidine rings is 1. The van der Waals surface area contributed by atoms with Gasteiger partial charge < -0.3 is 10.2 Å². The number of halogens is 1. The van der Waals surface area contributed by atoms with Gasteiger partial charge in [0, 0.05) is 36.1 Å². The predicted octanol–water partition coefficient (Wildman–Crippen LogP) is 1.87. The fourth-order valence-corrected chi connectivity index (χ4v) is 3.74. The van der Waals surface area contributed by atoms with Crippen LogP contribution >= 0.6 is 15.9 Å². The van der Waals surface area contributed by atoms with Crippen LogP contribution in [0.5, 0.6) is 0 Å². The predicted molar refractivity (Wildman–Crippen MR) is 99.6 cm³/mol. The van der Waals surface area contributed by atoms with Gasteiger partial charge in [0.1, 0.15) is 6.04 Å². The van der Waals surface area contributed by atoms with Crippen molar-refractivity contribution < 1.29 is 9.59 Å². The standard InChI is InChI=1S/C18H25BrN4O2/c1-2-17(24)20-14-4-3-9-23(11-14)18(25)16-10-15(21-22-16)12-5-7-13(19)8-6-12/h5-8,14-16,21-22H,2-4,9-11H2,1H3,(H,20,24). The molecule has 136 valence electrons. The summed E-state index contributed by atoms with van der Waals surface area (Å²) in [7, 11) is 0. The molecule has 2 aliphatic rings. The summed E-state index contributed by atoms with van der Waals surface area (Å²) in [6, 6.07) is 8.12. The molecule has 25 heavy (non-hydrogen) atoms. The Morgan fingerprint density at radius 2 is 2.04 bits per heavy atom. The zero-order chi connectivity index (χ0) is 17.8. The van der Waals surface area contributed by atoms with E-state index in [0.717, 1.165) is 35.8 Å². The molecule has 2 heterocycles. The van der Waals surface area contributed by atoms with E-state index in [1.807, 2.05) is 24.0 Å². The number of benzene rings is 1. The van der Waals surface area contributed by atoms with Gasteiger partial charge in [-0.25, -0.2) is 10.9 Å². The van der Waals surface area contributed by atoms with Gasteiger partial charge >= 0.3 is 0 Å². The Hall–Kier alpha value is -1.44. The van der Waals surface area contributed by atoms with Crippen LogP contribution in [0.15, 0.2) is 28.7 Å². The molecule has 0 aromatic heterocycles. The zero-order valence-electron chi connectivity index (χ0n) is 14.4. The first-order chi connectivity index (χ1) is 12.1. The fraction of sp³-hybridized carbons (Fsp3) is 0.556. The number of hydrogen-bond acceptors (Lipinski definition) is 4. The van der Waals surface area contributed by atoms with E-state index in [1.54, 1.807) is 0 Å². The monoisotopic (exact) mass is 408 g/mol. The van der Waals surface area contributed by atoms with E-state index < -0.39 is 0 Å². The molecule has 1 aromatic carbocycles. The highest BCUT2D eigenvalue weighted by Gasteiger charge is 2.34. The van der Waals surface area contributed by atoms with E-state index >= 15 is 0 Å². The Kier molecular flexibility index (Phi) is 6.09. The number of rotatable bonds is 4. The fourth-order valence-electron chi connectivity index (χ4n) is 3.48. The second-order valence-electron chi connectivity index (χ2n) is 6.73. The minimum absolute atomic E-state index is 0.0512. The van der Waals surface area contributed by atoms with Gasteiger partial charge in [0.25, 0.3) is 0 Å². The summed E-state index contributed by atoms with van der Waals surface area (Å²) >= 11 is 3.44. The van der Waals surface area contributed by atoms with E-state index in [-0.39, 0.29) is 29.9 Å².